The lowest BCUT2D eigenvalue weighted by Crippen LogP contribution is -2.39. The van der Waals surface area contributed by atoms with Crippen LogP contribution in [0.2, 0.25) is 0 Å². The van der Waals surface area contributed by atoms with E-state index in [1.807, 2.05) is 36.4 Å². The van der Waals surface area contributed by atoms with Gasteiger partial charge in [-0.15, -0.1) is 15.3 Å². The Labute approximate surface area is 130 Å². The summed E-state index contributed by atoms with van der Waals surface area (Å²) in [4.78, 5) is 13.5. The monoisotopic (exact) mass is 311 g/mol. The molecule has 23 heavy (non-hydrogen) atoms. The molecule has 116 valence electrons. The Kier molecular flexibility index (Phi) is 3.53. The number of fused-ring (bicyclic) bond motifs is 1. The highest BCUT2D eigenvalue weighted by Crippen LogP contribution is 2.32. The van der Waals surface area contributed by atoms with Crippen molar-refractivity contribution in [3.63, 3.8) is 0 Å². The van der Waals surface area contributed by atoms with E-state index in [9.17, 15) is 4.79 Å². The third-order valence-electron chi connectivity index (χ3n) is 3.78. The zero-order valence-electron chi connectivity index (χ0n) is 11.9. The lowest BCUT2D eigenvalue weighted by atomic mass is 10.1. The molecular weight excluding hydrogens is 298 g/mol. The van der Waals surface area contributed by atoms with Gasteiger partial charge in [0.2, 0.25) is 0 Å². The number of carbonyl (C=O) groups excluding carboxylic acids is 1. The van der Waals surface area contributed by atoms with Crippen molar-refractivity contribution in [3.8, 4) is 0 Å². The summed E-state index contributed by atoms with van der Waals surface area (Å²) in [6.07, 6.45) is -1.74. The molecule has 1 atom stereocenters. The molecule has 0 bridgehead atoms. The molecule has 1 unspecified atom stereocenters. The van der Waals surface area contributed by atoms with E-state index in [0.29, 0.717) is 5.69 Å². The zero-order valence-corrected chi connectivity index (χ0v) is 11.9. The maximum Gasteiger partial charge on any atom is 0.414 e. The standard InChI is InChI=1S/C14H13N7O2/c15-18-14(19-16,20-17)12-8-21(13(22)23-12)11-6-5-9-3-1-2-4-10(9)7-11/h1-7,12,15-17H,8H2. The molecule has 0 radical (unpaired) electrons. The number of anilines is 1. The van der Waals surface area contributed by atoms with Crippen LogP contribution in [-0.4, -0.2) is 24.5 Å². The van der Waals surface area contributed by atoms with Gasteiger partial charge in [-0.2, -0.15) is 0 Å². The molecule has 1 fully saturated rings. The predicted octanol–water partition coefficient (Wildman–Crippen LogP) is 3.91. The minimum atomic E-state index is -2.04. The quantitative estimate of drug-likeness (QED) is 0.721. The number of hydrogen-bond acceptors (Lipinski definition) is 8. The first-order chi connectivity index (χ1) is 11.1. The van der Waals surface area contributed by atoms with Gasteiger partial charge < -0.3 is 4.74 Å². The largest absolute Gasteiger partial charge is 0.437 e. The number of amides is 1. The Hall–Kier alpha value is -3.23. The third kappa shape index (κ3) is 2.31. The van der Waals surface area contributed by atoms with Crippen LogP contribution in [0.5, 0.6) is 0 Å². The molecule has 1 aliphatic rings. The summed E-state index contributed by atoms with van der Waals surface area (Å²) >= 11 is 0. The van der Waals surface area contributed by atoms with E-state index < -0.39 is 18.0 Å². The van der Waals surface area contributed by atoms with Gasteiger partial charge in [0.25, 0.3) is 0 Å². The van der Waals surface area contributed by atoms with Crippen molar-refractivity contribution in [1.29, 1.82) is 16.6 Å². The van der Waals surface area contributed by atoms with E-state index in [1.165, 1.54) is 4.90 Å². The number of hydrogen-bond donors (Lipinski definition) is 3. The van der Waals surface area contributed by atoms with Gasteiger partial charge in [-0.05, 0) is 22.9 Å². The van der Waals surface area contributed by atoms with E-state index in [-0.39, 0.29) is 6.54 Å². The molecule has 1 amide bonds. The number of nitrogens with one attached hydrogen (secondary N) is 3. The first-order valence-electron chi connectivity index (χ1n) is 6.76. The van der Waals surface area contributed by atoms with Crippen LogP contribution in [0.1, 0.15) is 0 Å². The van der Waals surface area contributed by atoms with Gasteiger partial charge in [-0.1, -0.05) is 30.3 Å². The van der Waals surface area contributed by atoms with Crippen LogP contribution in [0, 0.1) is 16.6 Å². The molecule has 9 nitrogen and oxygen atoms in total. The smallest absolute Gasteiger partial charge is 0.414 e. The molecule has 2 aromatic carbocycles. The van der Waals surface area contributed by atoms with Gasteiger partial charge in [0, 0.05) is 5.69 Å². The number of benzene rings is 2. The Balaban J connectivity index is 1.94. The number of nitrogens with zero attached hydrogens (tertiary/aromatic N) is 4. The minimum absolute atomic E-state index is 0.00428. The highest BCUT2D eigenvalue weighted by molar-refractivity contribution is 5.94. The van der Waals surface area contributed by atoms with Gasteiger partial charge in [0.1, 0.15) is 0 Å². The van der Waals surface area contributed by atoms with E-state index >= 15 is 0 Å². The first-order valence-corrected chi connectivity index (χ1v) is 6.76. The van der Waals surface area contributed by atoms with Crippen LogP contribution in [0.4, 0.5) is 10.5 Å². The molecule has 9 heteroatoms. The van der Waals surface area contributed by atoms with Crippen LogP contribution < -0.4 is 4.90 Å². The summed E-state index contributed by atoms with van der Waals surface area (Å²) < 4.78 is 5.12. The van der Waals surface area contributed by atoms with Crippen LogP contribution in [0.15, 0.2) is 57.8 Å². The van der Waals surface area contributed by atoms with Gasteiger partial charge in [-0.3, -0.25) is 4.90 Å². The minimum Gasteiger partial charge on any atom is -0.437 e. The Morgan fingerprint density at radius 3 is 2.35 bits per heavy atom. The second kappa shape index (κ2) is 5.52. The third-order valence-corrected chi connectivity index (χ3v) is 3.78. The van der Waals surface area contributed by atoms with E-state index in [2.05, 4.69) is 15.3 Å². The van der Waals surface area contributed by atoms with Crippen molar-refractivity contribution in [2.45, 2.75) is 11.9 Å². The molecule has 0 aliphatic carbocycles. The Morgan fingerprint density at radius 2 is 1.70 bits per heavy atom. The molecule has 0 spiro atoms. The van der Waals surface area contributed by atoms with Crippen LogP contribution in [0.25, 0.3) is 10.8 Å². The number of ether oxygens (including phenoxy) is 1. The van der Waals surface area contributed by atoms with E-state index in [1.54, 1.807) is 6.07 Å². The maximum atomic E-state index is 12.1. The predicted molar refractivity (Wildman–Crippen MR) is 79.7 cm³/mol. The summed E-state index contributed by atoms with van der Waals surface area (Å²) in [5, 5.41) is 11.3. The molecule has 3 N–H and O–H groups in total. The fraction of sp³-hybridized carbons (Fsp3) is 0.214. The molecule has 1 saturated heterocycles. The van der Waals surface area contributed by atoms with Crippen LogP contribution in [-0.2, 0) is 4.74 Å². The fourth-order valence-electron chi connectivity index (χ4n) is 2.51. The Bertz CT molecular complexity index is 785. The molecule has 0 aromatic heterocycles. The van der Waals surface area contributed by atoms with E-state index in [4.69, 9.17) is 21.3 Å². The average molecular weight is 311 g/mol. The lowest BCUT2D eigenvalue weighted by molar-refractivity contribution is 0.0829. The lowest BCUT2D eigenvalue weighted by Gasteiger charge is -2.20. The average Bonchev–Trinajstić information content (AvgIpc) is 2.99. The summed E-state index contributed by atoms with van der Waals surface area (Å²) in [6.45, 7) is 0.00428. The van der Waals surface area contributed by atoms with Gasteiger partial charge in [0.15, 0.2) is 6.10 Å². The highest BCUT2D eigenvalue weighted by Gasteiger charge is 2.49. The van der Waals surface area contributed by atoms with Crippen LogP contribution in [0.3, 0.4) is 0 Å². The number of rotatable bonds is 5. The highest BCUT2D eigenvalue weighted by atomic mass is 16.6. The normalized spacial score (nSPS) is 19.9. The SMILES string of the molecule is N=NC(N=N)(N=N)C1CN(c2ccc3ccccc3c2)C(=O)O1. The molecule has 3 rings (SSSR count). The van der Waals surface area contributed by atoms with Crippen molar-refractivity contribution in [1.82, 2.24) is 0 Å². The zero-order chi connectivity index (χ0) is 16.4. The molecular formula is C14H13N7O2. The number of carbonyl (C=O) groups is 1. The fourth-order valence-corrected chi connectivity index (χ4v) is 2.51. The van der Waals surface area contributed by atoms with Crippen molar-refractivity contribution in [3.05, 3.63) is 42.5 Å². The second-order valence-electron chi connectivity index (χ2n) is 5.04. The summed E-state index contributed by atoms with van der Waals surface area (Å²) in [6, 6.07) is 13.2. The summed E-state index contributed by atoms with van der Waals surface area (Å²) in [7, 11) is 0. The summed E-state index contributed by atoms with van der Waals surface area (Å²) in [5.41, 5.74) is 21.9. The van der Waals surface area contributed by atoms with Gasteiger partial charge in [0.05, 0.1) is 6.54 Å². The molecule has 1 heterocycles. The van der Waals surface area contributed by atoms with Gasteiger partial charge >= 0.3 is 11.9 Å². The number of cyclic esters (lactones) is 1. The van der Waals surface area contributed by atoms with Crippen LogP contribution >= 0.6 is 0 Å². The first kappa shape index (κ1) is 14.7. The summed E-state index contributed by atoms with van der Waals surface area (Å²) in [5.74, 6) is -2.04. The topological polar surface area (TPSA) is 138 Å². The van der Waals surface area contributed by atoms with Crippen molar-refractivity contribution in [2.75, 3.05) is 11.4 Å². The maximum absolute atomic E-state index is 12.1. The van der Waals surface area contributed by atoms with E-state index in [0.717, 1.165) is 10.8 Å². The van der Waals surface area contributed by atoms with Crippen molar-refractivity contribution < 1.29 is 9.53 Å². The molecule has 2 aromatic rings. The Morgan fingerprint density at radius 1 is 1.04 bits per heavy atom. The molecule has 1 aliphatic heterocycles. The second-order valence-corrected chi connectivity index (χ2v) is 5.04. The molecule has 0 saturated carbocycles. The van der Waals surface area contributed by atoms with Gasteiger partial charge in [-0.25, -0.2) is 21.4 Å². The van der Waals surface area contributed by atoms with Crippen molar-refractivity contribution >= 4 is 22.6 Å². The van der Waals surface area contributed by atoms with Crippen molar-refractivity contribution in [2.24, 2.45) is 15.3 Å².